The molecule has 2 aromatic rings. The van der Waals surface area contributed by atoms with Crippen LogP contribution in [0.25, 0.3) is 11.1 Å². The molecule has 0 aliphatic heterocycles. The number of ether oxygens (including phenoxy) is 1. The van der Waals surface area contributed by atoms with Crippen LogP contribution in [0, 0.1) is 0 Å². The summed E-state index contributed by atoms with van der Waals surface area (Å²) in [4.78, 5) is 3.63. The predicted octanol–water partition coefficient (Wildman–Crippen LogP) is 7.04. The average molecular weight is 425 g/mol. The topological polar surface area (TPSA) is 22.1 Å². The smallest absolute Gasteiger partial charge is 0.417 e. The van der Waals surface area contributed by atoms with Crippen LogP contribution >= 0.6 is 58.0 Å². The molecule has 0 radical (unpaired) electrons. The third-order valence-corrected chi connectivity index (χ3v) is 5.13. The van der Waals surface area contributed by atoms with Crippen molar-refractivity contribution in [1.82, 2.24) is 4.98 Å². The zero-order chi connectivity index (χ0) is 17.5. The Morgan fingerprint density at radius 2 is 1.39 bits per heavy atom. The molecule has 0 spiro atoms. The van der Waals surface area contributed by atoms with E-state index >= 15 is 0 Å². The molecule has 0 fully saturated rings. The third kappa shape index (κ3) is 3.44. The lowest BCUT2D eigenvalue weighted by Crippen LogP contribution is -2.07. The molecule has 2 rings (SSSR count). The van der Waals surface area contributed by atoms with Crippen LogP contribution in [0.2, 0.25) is 25.1 Å². The molecule has 0 atom stereocenters. The van der Waals surface area contributed by atoms with Crippen LogP contribution in [-0.4, -0.2) is 12.1 Å². The van der Waals surface area contributed by atoms with Crippen molar-refractivity contribution in [3.05, 3.63) is 42.9 Å². The molecule has 0 aliphatic rings. The number of alkyl halides is 3. The molecular weight excluding hydrogens is 420 g/mol. The molecule has 1 aromatic heterocycles. The number of pyridine rings is 1. The number of hydrogen-bond donors (Lipinski definition) is 0. The Morgan fingerprint density at radius 1 is 0.913 bits per heavy atom. The Kier molecular flexibility index (Phi) is 5.48. The first-order chi connectivity index (χ1) is 10.6. The van der Waals surface area contributed by atoms with Crippen LogP contribution in [0.1, 0.15) is 5.56 Å². The van der Waals surface area contributed by atoms with Gasteiger partial charge in [-0.3, -0.25) is 0 Å². The third-order valence-electron chi connectivity index (χ3n) is 2.85. The molecule has 0 N–H and O–H groups in total. The SMILES string of the molecule is COc1ncc(C(F)(F)F)cc1-c1c(Cl)c(Cl)c(Cl)c(Cl)c1Cl. The highest BCUT2D eigenvalue weighted by Crippen LogP contribution is 2.50. The second-order valence-corrected chi connectivity index (χ2v) is 6.11. The predicted molar refractivity (Wildman–Crippen MR) is 86.3 cm³/mol. The summed E-state index contributed by atoms with van der Waals surface area (Å²) in [6.45, 7) is 0. The summed E-state index contributed by atoms with van der Waals surface area (Å²) in [5, 5.41) is -0.712. The van der Waals surface area contributed by atoms with E-state index in [-0.39, 0.29) is 42.1 Å². The summed E-state index contributed by atoms with van der Waals surface area (Å²) >= 11 is 29.9. The fraction of sp³-hybridized carbons (Fsp3) is 0.154. The van der Waals surface area contributed by atoms with Gasteiger partial charge in [-0.15, -0.1) is 0 Å². The summed E-state index contributed by atoms with van der Waals surface area (Å²) in [6, 6.07) is 0.791. The minimum absolute atomic E-state index is 0.0526. The second kappa shape index (κ2) is 6.73. The van der Waals surface area contributed by atoms with Crippen molar-refractivity contribution in [3.8, 4) is 17.0 Å². The number of halogens is 8. The zero-order valence-corrected chi connectivity index (χ0v) is 14.8. The van der Waals surface area contributed by atoms with E-state index in [0.29, 0.717) is 6.20 Å². The summed E-state index contributed by atoms with van der Waals surface area (Å²) in [5.74, 6) is -0.128. The van der Waals surface area contributed by atoms with Crippen molar-refractivity contribution in [1.29, 1.82) is 0 Å². The molecule has 0 saturated heterocycles. The molecule has 0 aliphatic carbocycles. The standard InChI is InChI=1S/C13H5Cl5F3NO/c1-23-12-5(2-4(3-22-12)13(19,20)21)6-7(14)9(16)11(18)10(17)8(6)15/h2-3H,1H3. The van der Waals surface area contributed by atoms with E-state index in [0.717, 1.165) is 6.07 Å². The van der Waals surface area contributed by atoms with Crippen LogP contribution in [0.4, 0.5) is 13.2 Å². The number of methoxy groups -OCH3 is 1. The van der Waals surface area contributed by atoms with Crippen LogP contribution in [0.15, 0.2) is 12.3 Å². The molecule has 1 aromatic carbocycles. The largest absolute Gasteiger partial charge is 0.481 e. The lowest BCUT2D eigenvalue weighted by Gasteiger charge is -2.16. The van der Waals surface area contributed by atoms with Gasteiger partial charge in [0.05, 0.1) is 37.8 Å². The van der Waals surface area contributed by atoms with Crippen molar-refractivity contribution in [2.75, 3.05) is 7.11 Å². The maximum absolute atomic E-state index is 12.9. The first-order valence-corrected chi connectivity index (χ1v) is 7.61. The van der Waals surface area contributed by atoms with Crippen molar-refractivity contribution >= 4 is 58.0 Å². The number of nitrogens with zero attached hydrogens (tertiary/aromatic N) is 1. The molecular formula is C13H5Cl5F3NO. The number of benzene rings is 1. The summed E-state index contributed by atoms with van der Waals surface area (Å²) < 4.78 is 43.7. The monoisotopic (exact) mass is 423 g/mol. The first kappa shape index (κ1) is 18.7. The van der Waals surface area contributed by atoms with Gasteiger partial charge in [-0.25, -0.2) is 4.98 Å². The quantitative estimate of drug-likeness (QED) is 0.380. The summed E-state index contributed by atoms with van der Waals surface area (Å²) in [5.41, 5.74) is -1.18. The molecule has 23 heavy (non-hydrogen) atoms. The normalized spacial score (nSPS) is 11.7. The molecule has 0 saturated carbocycles. The van der Waals surface area contributed by atoms with Gasteiger partial charge in [0.15, 0.2) is 0 Å². The Labute approximate surface area is 154 Å². The van der Waals surface area contributed by atoms with E-state index in [1.165, 1.54) is 7.11 Å². The Hall–Kier alpha value is -0.590. The fourth-order valence-electron chi connectivity index (χ4n) is 1.79. The second-order valence-electron chi connectivity index (χ2n) is 4.22. The highest BCUT2D eigenvalue weighted by molar-refractivity contribution is 6.56. The number of hydrogen-bond acceptors (Lipinski definition) is 2. The summed E-state index contributed by atoms with van der Waals surface area (Å²) in [7, 11) is 1.24. The van der Waals surface area contributed by atoms with E-state index in [1.807, 2.05) is 0 Å². The van der Waals surface area contributed by atoms with Gasteiger partial charge in [0, 0.05) is 17.3 Å². The van der Waals surface area contributed by atoms with Crippen LogP contribution < -0.4 is 4.74 Å². The molecule has 0 amide bonds. The van der Waals surface area contributed by atoms with Crippen LogP contribution in [0.3, 0.4) is 0 Å². The maximum atomic E-state index is 12.9. The van der Waals surface area contributed by atoms with Crippen LogP contribution in [0.5, 0.6) is 5.88 Å². The number of aromatic nitrogens is 1. The van der Waals surface area contributed by atoms with Crippen molar-refractivity contribution in [2.24, 2.45) is 0 Å². The molecule has 1 heterocycles. The summed E-state index contributed by atoms with van der Waals surface area (Å²) in [6.07, 6.45) is -3.99. The Balaban J connectivity index is 2.86. The van der Waals surface area contributed by atoms with E-state index in [2.05, 4.69) is 4.98 Å². The van der Waals surface area contributed by atoms with Gasteiger partial charge in [-0.2, -0.15) is 13.2 Å². The van der Waals surface area contributed by atoms with Gasteiger partial charge in [-0.05, 0) is 6.07 Å². The number of rotatable bonds is 2. The molecule has 0 unspecified atom stereocenters. The minimum Gasteiger partial charge on any atom is -0.481 e. The maximum Gasteiger partial charge on any atom is 0.417 e. The van der Waals surface area contributed by atoms with E-state index in [9.17, 15) is 13.2 Å². The first-order valence-electron chi connectivity index (χ1n) is 5.72. The van der Waals surface area contributed by atoms with E-state index in [4.69, 9.17) is 62.7 Å². The van der Waals surface area contributed by atoms with Gasteiger partial charge >= 0.3 is 6.18 Å². The Bertz CT molecular complexity index is 750. The minimum atomic E-state index is -4.62. The van der Waals surface area contributed by atoms with Crippen LogP contribution in [-0.2, 0) is 6.18 Å². The van der Waals surface area contributed by atoms with Gasteiger partial charge in [0.1, 0.15) is 0 Å². The van der Waals surface area contributed by atoms with E-state index in [1.54, 1.807) is 0 Å². The highest BCUT2D eigenvalue weighted by Gasteiger charge is 2.33. The molecule has 0 bridgehead atoms. The van der Waals surface area contributed by atoms with Gasteiger partial charge in [0.2, 0.25) is 5.88 Å². The lowest BCUT2D eigenvalue weighted by atomic mass is 10.0. The lowest BCUT2D eigenvalue weighted by molar-refractivity contribution is -0.137. The average Bonchev–Trinajstić information content (AvgIpc) is 2.50. The van der Waals surface area contributed by atoms with E-state index < -0.39 is 11.7 Å². The molecule has 2 nitrogen and oxygen atoms in total. The fourth-order valence-corrected chi connectivity index (χ4v) is 3.13. The Morgan fingerprint density at radius 3 is 1.83 bits per heavy atom. The molecule has 124 valence electrons. The van der Waals surface area contributed by atoms with Gasteiger partial charge in [-0.1, -0.05) is 58.0 Å². The zero-order valence-electron chi connectivity index (χ0n) is 11.0. The van der Waals surface area contributed by atoms with Crippen molar-refractivity contribution in [2.45, 2.75) is 6.18 Å². The highest BCUT2D eigenvalue weighted by atomic mass is 35.5. The molecule has 10 heteroatoms. The van der Waals surface area contributed by atoms with Gasteiger partial charge < -0.3 is 4.74 Å². The van der Waals surface area contributed by atoms with Crippen molar-refractivity contribution in [3.63, 3.8) is 0 Å². The van der Waals surface area contributed by atoms with Crippen molar-refractivity contribution < 1.29 is 17.9 Å². The van der Waals surface area contributed by atoms with Gasteiger partial charge in [0.25, 0.3) is 0 Å².